The van der Waals surface area contributed by atoms with E-state index in [9.17, 15) is 14.4 Å². The normalized spacial score (nSPS) is 11.2. The van der Waals surface area contributed by atoms with E-state index in [4.69, 9.17) is 0 Å². The van der Waals surface area contributed by atoms with Crippen molar-refractivity contribution in [3.63, 3.8) is 0 Å². The molecule has 33 heavy (non-hydrogen) atoms. The SMILES string of the molecule is Cc1ccccc1C(=O)NCCC(=O)NC(C)c1ccc(NC(=O)Nc2ccccc2)cc1. The maximum Gasteiger partial charge on any atom is 0.323 e. The quantitative estimate of drug-likeness (QED) is 0.407. The van der Waals surface area contributed by atoms with Crippen LogP contribution < -0.4 is 21.3 Å². The van der Waals surface area contributed by atoms with Crippen molar-refractivity contribution in [2.45, 2.75) is 26.3 Å². The molecule has 3 aromatic carbocycles. The van der Waals surface area contributed by atoms with E-state index in [-0.39, 0.29) is 36.9 Å². The summed E-state index contributed by atoms with van der Waals surface area (Å²) in [7, 11) is 0. The van der Waals surface area contributed by atoms with Crippen LogP contribution >= 0.6 is 0 Å². The number of rotatable bonds is 8. The summed E-state index contributed by atoms with van der Waals surface area (Å²) in [4.78, 5) is 36.6. The minimum absolute atomic E-state index is 0.156. The fourth-order valence-electron chi connectivity index (χ4n) is 3.28. The highest BCUT2D eigenvalue weighted by atomic mass is 16.2. The van der Waals surface area contributed by atoms with Gasteiger partial charge in [-0.15, -0.1) is 0 Å². The van der Waals surface area contributed by atoms with Crippen LogP contribution in [-0.4, -0.2) is 24.4 Å². The van der Waals surface area contributed by atoms with Crippen molar-refractivity contribution < 1.29 is 14.4 Å². The second-order valence-corrected chi connectivity index (χ2v) is 7.68. The first-order valence-corrected chi connectivity index (χ1v) is 10.8. The number of nitrogens with one attached hydrogen (secondary N) is 4. The summed E-state index contributed by atoms with van der Waals surface area (Å²) in [5.41, 5.74) is 3.75. The van der Waals surface area contributed by atoms with Gasteiger partial charge in [-0.3, -0.25) is 9.59 Å². The number of hydrogen-bond donors (Lipinski definition) is 4. The van der Waals surface area contributed by atoms with E-state index >= 15 is 0 Å². The Morgan fingerprint density at radius 2 is 1.39 bits per heavy atom. The average Bonchev–Trinajstić information content (AvgIpc) is 2.80. The summed E-state index contributed by atoms with van der Waals surface area (Å²) in [5, 5.41) is 11.2. The van der Waals surface area contributed by atoms with E-state index in [2.05, 4.69) is 21.3 Å². The Bertz CT molecular complexity index is 1100. The number of hydrogen-bond acceptors (Lipinski definition) is 3. The summed E-state index contributed by atoms with van der Waals surface area (Å²) in [5.74, 6) is -0.342. The second-order valence-electron chi connectivity index (χ2n) is 7.68. The van der Waals surface area contributed by atoms with Crippen molar-refractivity contribution >= 4 is 29.2 Å². The lowest BCUT2D eigenvalue weighted by Gasteiger charge is -2.15. The van der Waals surface area contributed by atoms with Gasteiger partial charge in [0, 0.05) is 29.9 Å². The lowest BCUT2D eigenvalue weighted by Crippen LogP contribution is -2.32. The first-order chi connectivity index (χ1) is 15.9. The molecule has 0 aliphatic carbocycles. The highest BCUT2D eigenvalue weighted by molar-refractivity contribution is 5.99. The molecule has 0 aromatic heterocycles. The van der Waals surface area contributed by atoms with Gasteiger partial charge >= 0.3 is 6.03 Å². The number of benzene rings is 3. The Morgan fingerprint density at radius 1 is 0.788 bits per heavy atom. The number of urea groups is 1. The van der Waals surface area contributed by atoms with E-state index < -0.39 is 0 Å². The molecule has 0 aliphatic heterocycles. The highest BCUT2D eigenvalue weighted by Crippen LogP contribution is 2.17. The minimum atomic E-state index is -0.331. The molecule has 0 heterocycles. The molecule has 4 amide bonds. The minimum Gasteiger partial charge on any atom is -0.352 e. The molecule has 4 N–H and O–H groups in total. The third-order valence-corrected chi connectivity index (χ3v) is 5.11. The lowest BCUT2D eigenvalue weighted by atomic mass is 10.1. The van der Waals surface area contributed by atoms with Crippen LogP contribution in [0.4, 0.5) is 16.2 Å². The summed E-state index contributed by atoms with van der Waals surface area (Å²) in [6.07, 6.45) is 0.182. The zero-order chi connectivity index (χ0) is 23.6. The van der Waals surface area contributed by atoms with Gasteiger partial charge in [-0.25, -0.2) is 4.79 Å². The van der Waals surface area contributed by atoms with Gasteiger partial charge in [-0.1, -0.05) is 48.5 Å². The van der Waals surface area contributed by atoms with Crippen LogP contribution in [0.3, 0.4) is 0 Å². The van der Waals surface area contributed by atoms with Crippen LogP contribution in [0.2, 0.25) is 0 Å². The first-order valence-electron chi connectivity index (χ1n) is 10.8. The van der Waals surface area contributed by atoms with Crippen LogP contribution in [0.5, 0.6) is 0 Å². The summed E-state index contributed by atoms with van der Waals surface area (Å²) < 4.78 is 0. The molecule has 0 radical (unpaired) electrons. The van der Waals surface area contributed by atoms with Gasteiger partial charge in [-0.2, -0.15) is 0 Å². The molecule has 7 nitrogen and oxygen atoms in total. The standard InChI is InChI=1S/C26H28N4O3/c1-18-8-6-7-11-23(18)25(32)27-17-16-24(31)28-19(2)20-12-14-22(15-13-20)30-26(33)29-21-9-4-3-5-10-21/h3-15,19H,16-17H2,1-2H3,(H,27,32)(H,28,31)(H2,29,30,33). The number of aryl methyl sites for hydroxylation is 1. The van der Waals surface area contributed by atoms with Gasteiger partial charge < -0.3 is 21.3 Å². The molecule has 1 unspecified atom stereocenters. The molecule has 0 saturated heterocycles. The van der Waals surface area contributed by atoms with E-state index in [1.54, 1.807) is 30.3 Å². The van der Waals surface area contributed by atoms with Crippen LogP contribution in [0.25, 0.3) is 0 Å². The molecule has 0 fully saturated rings. The molecule has 7 heteroatoms. The predicted octanol–water partition coefficient (Wildman–Crippen LogP) is 4.64. The third kappa shape index (κ3) is 7.21. The first kappa shape index (κ1) is 23.5. The molecular weight excluding hydrogens is 416 g/mol. The largest absolute Gasteiger partial charge is 0.352 e. The summed E-state index contributed by atoms with van der Waals surface area (Å²) in [6, 6.07) is 23.2. The Hall–Kier alpha value is -4.13. The zero-order valence-corrected chi connectivity index (χ0v) is 18.7. The van der Waals surface area contributed by atoms with E-state index in [0.717, 1.165) is 11.1 Å². The number of carbonyl (C=O) groups excluding carboxylic acids is 3. The van der Waals surface area contributed by atoms with Gasteiger partial charge in [0.2, 0.25) is 5.91 Å². The lowest BCUT2D eigenvalue weighted by molar-refractivity contribution is -0.121. The molecule has 3 aromatic rings. The van der Waals surface area contributed by atoms with Crippen molar-refractivity contribution in [2.75, 3.05) is 17.2 Å². The Balaban J connectivity index is 1.42. The fourth-order valence-corrected chi connectivity index (χ4v) is 3.28. The Labute approximate surface area is 193 Å². The van der Waals surface area contributed by atoms with Gasteiger partial charge in [0.05, 0.1) is 6.04 Å². The zero-order valence-electron chi connectivity index (χ0n) is 18.7. The van der Waals surface area contributed by atoms with Crippen molar-refractivity contribution in [3.05, 3.63) is 95.6 Å². The van der Waals surface area contributed by atoms with E-state index in [1.165, 1.54) is 0 Å². The van der Waals surface area contributed by atoms with E-state index in [1.807, 2.05) is 62.4 Å². The highest BCUT2D eigenvalue weighted by Gasteiger charge is 2.12. The van der Waals surface area contributed by atoms with Gasteiger partial charge in [0.25, 0.3) is 5.91 Å². The maximum atomic E-state index is 12.3. The van der Waals surface area contributed by atoms with Crippen LogP contribution in [-0.2, 0) is 4.79 Å². The van der Waals surface area contributed by atoms with Crippen molar-refractivity contribution in [2.24, 2.45) is 0 Å². The van der Waals surface area contributed by atoms with Crippen LogP contribution in [0.1, 0.15) is 40.9 Å². The molecule has 0 bridgehead atoms. The monoisotopic (exact) mass is 444 g/mol. The molecular formula is C26H28N4O3. The van der Waals surface area contributed by atoms with Gasteiger partial charge in [0.1, 0.15) is 0 Å². The molecule has 0 aliphatic rings. The molecule has 3 rings (SSSR count). The van der Waals surface area contributed by atoms with Crippen molar-refractivity contribution in [1.82, 2.24) is 10.6 Å². The molecule has 170 valence electrons. The topological polar surface area (TPSA) is 99.3 Å². The van der Waals surface area contributed by atoms with Gasteiger partial charge in [-0.05, 0) is 55.3 Å². The average molecular weight is 445 g/mol. The summed E-state index contributed by atoms with van der Waals surface area (Å²) >= 11 is 0. The summed E-state index contributed by atoms with van der Waals surface area (Å²) in [6.45, 7) is 4.01. The smallest absolute Gasteiger partial charge is 0.323 e. The van der Waals surface area contributed by atoms with Crippen LogP contribution in [0.15, 0.2) is 78.9 Å². The fraction of sp³-hybridized carbons (Fsp3) is 0.192. The number of amides is 4. The number of anilines is 2. The van der Waals surface area contributed by atoms with Gasteiger partial charge in [0.15, 0.2) is 0 Å². The molecule has 0 spiro atoms. The van der Waals surface area contributed by atoms with Crippen LogP contribution in [0, 0.1) is 6.92 Å². The third-order valence-electron chi connectivity index (χ3n) is 5.11. The number of carbonyl (C=O) groups is 3. The second kappa shape index (κ2) is 11.5. The Kier molecular flexibility index (Phi) is 8.18. The Morgan fingerprint density at radius 3 is 2.06 bits per heavy atom. The van der Waals surface area contributed by atoms with E-state index in [0.29, 0.717) is 16.9 Å². The predicted molar refractivity (Wildman–Crippen MR) is 130 cm³/mol. The maximum absolute atomic E-state index is 12.3. The van der Waals surface area contributed by atoms with Crippen molar-refractivity contribution in [1.29, 1.82) is 0 Å². The molecule has 1 atom stereocenters. The molecule has 0 saturated carbocycles. The number of para-hydroxylation sites is 1. The van der Waals surface area contributed by atoms with Crippen molar-refractivity contribution in [3.8, 4) is 0 Å².